The van der Waals surface area contributed by atoms with Gasteiger partial charge < -0.3 is 39.2 Å². The van der Waals surface area contributed by atoms with Crippen LogP contribution in [0.25, 0.3) is 11.3 Å². The van der Waals surface area contributed by atoms with Crippen molar-refractivity contribution >= 4 is 29.2 Å². The van der Waals surface area contributed by atoms with E-state index >= 15 is 4.39 Å². The lowest BCUT2D eigenvalue weighted by Crippen LogP contribution is -2.58. The molecule has 2 N–H and O–H groups in total. The summed E-state index contributed by atoms with van der Waals surface area (Å²) in [7, 11) is 5.12. The second-order valence-corrected chi connectivity index (χ2v) is 15.1. The SMILES string of the molecule is CN1CCCC1CO.COCOc1cc(Cl)c(C2CC2)c(-c2ncc3c(c2F)NC(OC)N=C3N2CC3CCC(C2)N3C(=O)OC(C)(C)C)c1. The van der Waals surface area contributed by atoms with E-state index in [0.717, 1.165) is 37.8 Å². The predicted molar refractivity (Wildman–Crippen MR) is 189 cm³/mol. The second kappa shape index (κ2) is 15.2. The third-order valence-electron chi connectivity index (χ3n) is 9.95. The molecule has 50 heavy (non-hydrogen) atoms. The molecule has 1 saturated carbocycles. The van der Waals surface area contributed by atoms with Gasteiger partial charge in [-0.05, 0) is 96.5 Å². The quantitative estimate of drug-likeness (QED) is 0.348. The maximum atomic E-state index is 16.5. The van der Waals surface area contributed by atoms with Gasteiger partial charge in [-0.15, -0.1) is 0 Å². The third-order valence-corrected chi connectivity index (χ3v) is 10.3. The fourth-order valence-electron chi connectivity index (χ4n) is 7.37. The largest absolute Gasteiger partial charge is 0.467 e. The molecule has 0 radical (unpaired) electrons. The van der Waals surface area contributed by atoms with E-state index in [1.165, 1.54) is 27.1 Å². The molecule has 14 heteroatoms. The molecule has 3 saturated heterocycles. The number of carbonyl (C=O) groups excluding carboxylic acids is 1. The van der Waals surface area contributed by atoms with Gasteiger partial charge in [0.15, 0.2) is 12.6 Å². The number of hydrogen-bond acceptors (Lipinski definition) is 11. The summed E-state index contributed by atoms with van der Waals surface area (Å²) in [5.74, 6) is 0.796. The number of aromatic nitrogens is 1. The Labute approximate surface area is 298 Å². The molecule has 274 valence electrons. The Morgan fingerprint density at radius 2 is 1.82 bits per heavy atom. The molecule has 2 bridgehead atoms. The number of aliphatic imine (C=N–C) groups is 1. The Morgan fingerprint density at radius 3 is 2.38 bits per heavy atom. The van der Waals surface area contributed by atoms with Gasteiger partial charge >= 0.3 is 6.09 Å². The van der Waals surface area contributed by atoms with Crippen LogP contribution < -0.4 is 10.1 Å². The Hall–Kier alpha value is -3.23. The molecule has 1 aromatic carbocycles. The predicted octanol–water partition coefficient (Wildman–Crippen LogP) is 5.66. The van der Waals surface area contributed by atoms with E-state index < -0.39 is 17.8 Å². The summed E-state index contributed by atoms with van der Waals surface area (Å²) in [5, 5.41) is 12.3. The molecule has 5 aliphatic rings. The van der Waals surface area contributed by atoms with Crippen molar-refractivity contribution in [3.05, 3.63) is 40.3 Å². The van der Waals surface area contributed by atoms with Crippen LogP contribution in [-0.4, -0.2) is 121 Å². The number of hydrogen-bond donors (Lipinski definition) is 2. The minimum atomic E-state index is -0.790. The van der Waals surface area contributed by atoms with E-state index in [4.69, 9.17) is 40.6 Å². The topological polar surface area (TPSA) is 121 Å². The average Bonchev–Trinajstić information content (AvgIpc) is 3.76. The molecule has 4 atom stereocenters. The van der Waals surface area contributed by atoms with Crippen molar-refractivity contribution in [2.24, 2.45) is 4.99 Å². The van der Waals surface area contributed by atoms with Crippen LogP contribution in [0.5, 0.6) is 5.75 Å². The molecule has 1 aromatic heterocycles. The second-order valence-electron chi connectivity index (χ2n) is 14.7. The van der Waals surface area contributed by atoms with Crippen LogP contribution >= 0.6 is 11.6 Å². The number of nitrogens with one attached hydrogen (secondary N) is 1. The Morgan fingerprint density at radius 1 is 1.10 bits per heavy atom. The van der Waals surface area contributed by atoms with Crippen LogP contribution in [0.3, 0.4) is 0 Å². The van der Waals surface area contributed by atoms with Crippen molar-refractivity contribution in [2.75, 3.05) is 59.6 Å². The number of ether oxygens (including phenoxy) is 4. The molecular weight excluding hydrogens is 667 g/mol. The summed E-state index contributed by atoms with van der Waals surface area (Å²) in [5.41, 5.74) is 1.88. The molecule has 12 nitrogen and oxygen atoms in total. The van der Waals surface area contributed by atoms with Gasteiger partial charge in [0.1, 0.15) is 22.9 Å². The summed E-state index contributed by atoms with van der Waals surface area (Å²) < 4.78 is 38.5. The number of likely N-dealkylation sites (tertiary alicyclic amines) is 2. The summed E-state index contributed by atoms with van der Waals surface area (Å²) in [6, 6.07) is 3.90. The number of methoxy groups -OCH3 is 2. The average molecular weight is 717 g/mol. The molecule has 4 aliphatic heterocycles. The third kappa shape index (κ3) is 7.81. The number of aliphatic hydroxyl groups is 1. The maximum Gasteiger partial charge on any atom is 0.410 e. The number of benzene rings is 1. The van der Waals surface area contributed by atoms with Gasteiger partial charge in [0.05, 0.1) is 29.9 Å². The van der Waals surface area contributed by atoms with Crippen molar-refractivity contribution in [3.8, 4) is 17.0 Å². The van der Waals surface area contributed by atoms with Crippen molar-refractivity contribution in [1.29, 1.82) is 0 Å². The number of fused-ring (bicyclic) bond motifs is 3. The fourth-order valence-corrected chi connectivity index (χ4v) is 7.73. The molecule has 4 fully saturated rings. The van der Waals surface area contributed by atoms with Gasteiger partial charge in [-0.2, -0.15) is 0 Å². The molecule has 1 aliphatic carbocycles. The van der Waals surface area contributed by atoms with Crippen molar-refractivity contribution < 1.29 is 33.2 Å². The van der Waals surface area contributed by atoms with Gasteiger partial charge in [0, 0.05) is 50.1 Å². The van der Waals surface area contributed by atoms with Gasteiger partial charge in [0.2, 0.25) is 6.35 Å². The number of rotatable bonds is 7. The van der Waals surface area contributed by atoms with E-state index in [-0.39, 0.29) is 42.3 Å². The highest BCUT2D eigenvalue weighted by molar-refractivity contribution is 6.32. The van der Waals surface area contributed by atoms with E-state index in [1.54, 1.807) is 18.3 Å². The van der Waals surface area contributed by atoms with Crippen LogP contribution in [0.2, 0.25) is 5.02 Å². The summed E-state index contributed by atoms with van der Waals surface area (Å²) in [4.78, 5) is 28.6. The highest BCUT2D eigenvalue weighted by atomic mass is 35.5. The first-order valence-electron chi connectivity index (χ1n) is 17.5. The number of anilines is 1. The summed E-state index contributed by atoms with van der Waals surface area (Å²) in [6.45, 7) is 8.24. The van der Waals surface area contributed by atoms with Crippen LogP contribution in [0.4, 0.5) is 14.9 Å². The Kier molecular flexibility index (Phi) is 11.1. The van der Waals surface area contributed by atoms with E-state index in [0.29, 0.717) is 53.5 Å². The summed E-state index contributed by atoms with van der Waals surface area (Å²) >= 11 is 6.70. The molecule has 7 rings (SSSR count). The first kappa shape index (κ1) is 36.6. The van der Waals surface area contributed by atoms with Gasteiger partial charge in [-0.1, -0.05) is 11.6 Å². The Bertz CT molecular complexity index is 1570. The van der Waals surface area contributed by atoms with Crippen LogP contribution in [0.15, 0.2) is 23.3 Å². The lowest BCUT2D eigenvalue weighted by atomic mass is 9.97. The van der Waals surface area contributed by atoms with Crippen LogP contribution in [0, 0.1) is 5.82 Å². The smallest absolute Gasteiger partial charge is 0.410 e. The number of halogens is 2. The molecule has 1 amide bonds. The van der Waals surface area contributed by atoms with E-state index in [1.807, 2.05) is 25.7 Å². The zero-order chi connectivity index (χ0) is 35.7. The zero-order valence-electron chi connectivity index (χ0n) is 29.9. The number of pyridine rings is 1. The minimum absolute atomic E-state index is 0.0317. The van der Waals surface area contributed by atoms with Crippen LogP contribution in [-0.2, 0) is 14.2 Å². The number of aliphatic hydroxyl groups excluding tert-OH is 1. The van der Waals surface area contributed by atoms with E-state index in [9.17, 15) is 4.79 Å². The first-order valence-corrected chi connectivity index (χ1v) is 17.9. The normalized spacial score (nSPS) is 24.6. The lowest BCUT2D eigenvalue weighted by Gasteiger charge is -2.43. The maximum absolute atomic E-state index is 16.5. The molecule has 0 spiro atoms. The lowest BCUT2D eigenvalue weighted by molar-refractivity contribution is 0.00263. The highest BCUT2D eigenvalue weighted by Gasteiger charge is 2.46. The van der Waals surface area contributed by atoms with E-state index in [2.05, 4.69) is 27.1 Å². The Balaban J connectivity index is 0.000000477. The number of carbonyl (C=O) groups is 1. The highest BCUT2D eigenvalue weighted by Crippen LogP contribution is 2.49. The van der Waals surface area contributed by atoms with Gasteiger partial charge in [0.25, 0.3) is 0 Å². The van der Waals surface area contributed by atoms with Crippen molar-refractivity contribution in [3.63, 3.8) is 0 Å². The molecule has 2 aromatic rings. The fraction of sp³-hybridized carbons (Fsp3) is 0.639. The number of nitrogens with zero attached hydrogens (tertiary/aromatic N) is 5. The number of piperazine rings is 1. The zero-order valence-corrected chi connectivity index (χ0v) is 30.6. The molecule has 5 heterocycles. The number of likely N-dealkylation sites (N-methyl/N-ethyl adjacent to an activating group) is 1. The van der Waals surface area contributed by atoms with Crippen LogP contribution in [0.1, 0.15) is 76.3 Å². The van der Waals surface area contributed by atoms with Gasteiger partial charge in [-0.3, -0.25) is 9.88 Å². The molecule has 4 unspecified atom stereocenters. The molecular formula is C36H50ClFN6O6. The first-order chi connectivity index (χ1) is 23.9. The van der Waals surface area contributed by atoms with Crippen molar-refractivity contribution in [2.45, 2.75) is 95.3 Å². The van der Waals surface area contributed by atoms with Crippen molar-refractivity contribution in [1.82, 2.24) is 19.7 Å². The number of amides is 1. The number of amidine groups is 1. The van der Waals surface area contributed by atoms with Gasteiger partial charge in [-0.25, -0.2) is 14.2 Å². The minimum Gasteiger partial charge on any atom is -0.467 e. The summed E-state index contributed by atoms with van der Waals surface area (Å²) in [6.07, 6.45) is 6.69. The monoisotopic (exact) mass is 716 g/mol. The standard InChI is InChI=1S/C30H37ClFN5O5.C6H13NO/c1-30(2,3)42-29(38)37-17-8-9-18(37)14-36(13-17)27-21-12-33-25(24(32)26(21)34-28(35-27)40-5)20-10-19(41-15-39-4)11-22(31)23(20)16-6-7-16;1-7-4-2-3-6(7)5-8/h10-12,16-18,28,34H,6-9,13-15H2,1-5H3;6,8H,2-5H2,1H3.